The summed E-state index contributed by atoms with van der Waals surface area (Å²) in [6.45, 7) is 7.33. The fraction of sp³-hybridized carbons (Fsp3) is 0.929. The summed E-state index contributed by atoms with van der Waals surface area (Å²) in [5.74, 6) is 0.344. The van der Waals surface area contributed by atoms with Crippen LogP contribution in [0.3, 0.4) is 0 Å². The molecule has 104 valence electrons. The molecule has 0 atom stereocenters. The largest absolute Gasteiger partial charge is 0.481 e. The van der Waals surface area contributed by atoms with Crippen molar-refractivity contribution in [2.75, 3.05) is 39.3 Å². The summed E-state index contributed by atoms with van der Waals surface area (Å²) in [5, 5.41) is 8.55. The topological polar surface area (TPSA) is 43.8 Å². The molecule has 18 heavy (non-hydrogen) atoms. The number of aliphatic carboxylic acids is 1. The van der Waals surface area contributed by atoms with E-state index in [1.807, 2.05) is 0 Å². The Bertz CT molecular complexity index is 259. The molecule has 4 nitrogen and oxygen atoms in total. The number of hydrogen-bond donors (Lipinski definition) is 1. The van der Waals surface area contributed by atoms with Crippen LogP contribution in [0.5, 0.6) is 0 Å². The van der Waals surface area contributed by atoms with E-state index in [-0.39, 0.29) is 0 Å². The van der Waals surface area contributed by atoms with Crippen molar-refractivity contribution < 1.29 is 9.90 Å². The third kappa shape index (κ3) is 5.36. The Morgan fingerprint density at radius 1 is 1.00 bits per heavy atom. The third-order valence-corrected chi connectivity index (χ3v) is 4.04. The lowest BCUT2D eigenvalue weighted by Crippen LogP contribution is -2.47. The van der Waals surface area contributed by atoms with Gasteiger partial charge in [-0.1, -0.05) is 6.42 Å². The number of rotatable bonds is 8. The van der Waals surface area contributed by atoms with Gasteiger partial charge in [-0.2, -0.15) is 0 Å². The highest BCUT2D eigenvalue weighted by atomic mass is 16.4. The van der Waals surface area contributed by atoms with Gasteiger partial charge in [0, 0.05) is 39.1 Å². The van der Waals surface area contributed by atoms with E-state index in [1.54, 1.807) is 0 Å². The van der Waals surface area contributed by atoms with Crippen LogP contribution in [-0.4, -0.2) is 60.1 Å². The molecule has 1 N–H and O–H groups in total. The molecule has 2 aliphatic rings. The van der Waals surface area contributed by atoms with Gasteiger partial charge < -0.3 is 14.9 Å². The lowest BCUT2D eigenvalue weighted by atomic mass is 10.2. The minimum Gasteiger partial charge on any atom is -0.481 e. The SMILES string of the molecule is O=C(O)CCCCCN1CCN(CC2CC2)CC1. The number of unbranched alkanes of at least 4 members (excludes halogenated alkanes) is 2. The first-order valence-electron chi connectivity index (χ1n) is 7.40. The highest BCUT2D eigenvalue weighted by Gasteiger charge is 2.26. The van der Waals surface area contributed by atoms with Gasteiger partial charge in [-0.05, 0) is 38.1 Å². The first kappa shape index (κ1) is 13.8. The molecule has 4 heteroatoms. The maximum Gasteiger partial charge on any atom is 0.303 e. The maximum atomic E-state index is 10.4. The van der Waals surface area contributed by atoms with Gasteiger partial charge in [-0.25, -0.2) is 0 Å². The zero-order chi connectivity index (χ0) is 12.8. The number of hydrogen-bond acceptors (Lipinski definition) is 3. The van der Waals surface area contributed by atoms with Crippen molar-refractivity contribution in [1.29, 1.82) is 0 Å². The van der Waals surface area contributed by atoms with Crippen LogP contribution in [0.25, 0.3) is 0 Å². The van der Waals surface area contributed by atoms with Crippen molar-refractivity contribution in [3.8, 4) is 0 Å². The van der Waals surface area contributed by atoms with Gasteiger partial charge in [0.05, 0.1) is 0 Å². The number of carboxylic acids is 1. The molecule has 1 aliphatic carbocycles. The molecule has 1 saturated carbocycles. The molecule has 1 aliphatic heterocycles. The molecule has 0 spiro atoms. The maximum absolute atomic E-state index is 10.4. The molecule has 0 amide bonds. The second-order valence-electron chi connectivity index (χ2n) is 5.79. The van der Waals surface area contributed by atoms with Gasteiger partial charge in [-0.3, -0.25) is 4.79 Å². The van der Waals surface area contributed by atoms with Crippen LogP contribution >= 0.6 is 0 Å². The predicted molar refractivity (Wildman–Crippen MR) is 71.7 cm³/mol. The Labute approximate surface area is 110 Å². The molecule has 0 aromatic carbocycles. The second kappa shape index (κ2) is 7.10. The summed E-state index contributed by atoms with van der Waals surface area (Å²) in [4.78, 5) is 15.5. The quantitative estimate of drug-likeness (QED) is 0.669. The summed E-state index contributed by atoms with van der Waals surface area (Å²) in [5.41, 5.74) is 0. The van der Waals surface area contributed by atoms with Crippen LogP contribution in [0.1, 0.15) is 38.5 Å². The van der Waals surface area contributed by atoms with Crippen LogP contribution in [0.15, 0.2) is 0 Å². The Kier molecular flexibility index (Phi) is 5.45. The normalized spacial score (nSPS) is 22.2. The Balaban J connectivity index is 1.46. The fourth-order valence-corrected chi connectivity index (χ4v) is 2.65. The van der Waals surface area contributed by atoms with Crippen molar-refractivity contribution in [3.63, 3.8) is 0 Å². The van der Waals surface area contributed by atoms with Gasteiger partial charge in [-0.15, -0.1) is 0 Å². The van der Waals surface area contributed by atoms with Crippen molar-refractivity contribution >= 4 is 5.97 Å². The van der Waals surface area contributed by atoms with Crippen LogP contribution < -0.4 is 0 Å². The van der Waals surface area contributed by atoms with E-state index in [9.17, 15) is 4.79 Å². The van der Waals surface area contributed by atoms with Gasteiger partial charge in [0.1, 0.15) is 0 Å². The number of carbonyl (C=O) groups is 1. The van der Waals surface area contributed by atoms with E-state index in [2.05, 4.69) is 9.80 Å². The Morgan fingerprint density at radius 3 is 2.28 bits per heavy atom. The first-order valence-corrected chi connectivity index (χ1v) is 7.40. The van der Waals surface area contributed by atoms with Crippen LogP contribution in [0, 0.1) is 5.92 Å². The zero-order valence-electron chi connectivity index (χ0n) is 11.3. The molecule has 0 unspecified atom stereocenters. The number of piperazine rings is 1. The minimum absolute atomic E-state index is 0.329. The first-order chi connectivity index (χ1) is 8.74. The summed E-state index contributed by atoms with van der Waals surface area (Å²) in [6, 6.07) is 0. The van der Waals surface area contributed by atoms with Gasteiger partial charge >= 0.3 is 5.97 Å². The Hall–Kier alpha value is -0.610. The Morgan fingerprint density at radius 2 is 1.67 bits per heavy atom. The lowest BCUT2D eigenvalue weighted by molar-refractivity contribution is -0.137. The van der Waals surface area contributed by atoms with Crippen molar-refractivity contribution in [3.05, 3.63) is 0 Å². The fourth-order valence-electron chi connectivity index (χ4n) is 2.65. The van der Waals surface area contributed by atoms with Gasteiger partial charge in [0.2, 0.25) is 0 Å². The highest BCUT2D eigenvalue weighted by Crippen LogP contribution is 2.29. The molecule has 1 saturated heterocycles. The average molecular weight is 254 g/mol. The smallest absolute Gasteiger partial charge is 0.303 e. The average Bonchev–Trinajstić information content (AvgIpc) is 3.14. The molecule has 2 fully saturated rings. The number of nitrogens with zero attached hydrogens (tertiary/aromatic N) is 2. The van der Waals surface area contributed by atoms with Crippen molar-refractivity contribution in [2.45, 2.75) is 38.5 Å². The van der Waals surface area contributed by atoms with Crippen molar-refractivity contribution in [2.24, 2.45) is 5.92 Å². The van der Waals surface area contributed by atoms with Crippen LogP contribution in [0.2, 0.25) is 0 Å². The highest BCUT2D eigenvalue weighted by molar-refractivity contribution is 5.66. The monoisotopic (exact) mass is 254 g/mol. The van der Waals surface area contributed by atoms with E-state index < -0.39 is 5.97 Å². The van der Waals surface area contributed by atoms with Gasteiger partial charge in [0.15, 0.2) is 0 Å². The second-order valence-corrected chi connectivity index (χ2v) is 5.79. The van der Waals surface area contributed by atoms with E-state index in [4.69, 9.17) is 5.11 Å². The van der Waals surface area contributed by atoms with Gasteiger partial charge in [0.25, 0.3) is 0 Å². The number of carboxylic acid groups (broad SMARTS) is 1. The molecule has 0 aromatic heterocycles. The van der Waals surface area contributed by atoms with E-state index >= 15 is 0 Å². The molecular formula is C14H26N2O2. The molecule has 0 radical (unpaired) electrons. The molecule has 2 rings (SSSR count). The van der Waals surface area contributed by atoms with Crippen molar-refractivity contribution in [1.82, 2.24) is 9.80 Å². The minimum atomic E-state index is -0.663. The standard InChI is InChI=1S/C14H26N2O2/c17-14(18)4-2-1-3-7-15-8-10-16(11-9-15)12-13-5-6-13/h13H,1-12H2,(H,17,18). The molecular weight excluding hydrogens is 228 g/mol. The zero-order valence-corrected chi connectivity index (χ0v) is 11.3. The molecule has 1 heterocycles. The third-order valence-electron chi connectivity index (χ3n) is 4.04. The van der Waals surface area contributed by atoms with E-state index in [0.717, 1.165) is 31.7 Å². The summed E-state index contributed by atoms with van der Waals surface area (Å²) >= 11 is 0. The summed E-state index contributed by atoms with van der Waals surface area (Å²) in [7, 11) is 0. The van der Waals surface area contributed by atoms with E-state index in [1.165, 1.54) is 45.6 Å². The summed E-state index contributed by atoms with van der Waals surface area (Å²) < 4.78 is 0. The summed E-state index contributed by atoms with van der Waals surface area (Å²) in [6.07, 6.45) is 6.25. The lowest BCUT2D eigenvalue weighted by Gasteiger charge is -2.34. The van der Waals surface area contributed by atoms with Crippen LogP contribution in [0.4, 0.5) is 0 Å². The molecule has 0 aromatic rings. The predicted octanol–water partition coefficient (Wildman–Crippen LogP) is 1.66. The van der Waals surface area contributed by atoms with Crippen LogP contribution in [-0.2, 0) is 4.79 Å². The van der Waals surface area contributed by atoms with E-state index in [0.29, 0.717) is 6.42 Å². The molecule has 0 bridgehead atoms.